The predicted molar refractivity (Wildman–Crippen MR) is 270 cm³/mol. The number of aliphatic hydroxyl groups is 1. The number of nitrogens with zero attached hydrogens (tertiary/aromatic N) is 5. The van der Waals surface area contributed by atoms with E-state index in [1.165, 1.54) is 44.2 Å². The molecule has 0 bridgehead atoms. The number of hydrogen-bond donors (Lipinski definition) is 9. The molecule has 14 atom stereocenters. The number of fused-ring (bicyclic) bond motifs is 1. The summed E-state index contributed by atoms with van der Waals surface area (Å²) in [6.07, 6.45) is -9.89. The van der Waals surface area contributed by atoms with Gasteiger partial charge in [0.05, 0.1) is 32.8 Å². The summed E-state index contributed by atoms with van der Waals surface area (Å²) < 4.78 is 126. The summed E-state index contributed by atoms with van der Waals surface area (Å²) in [5.74, 6) is -0.226. The van der Waals surface area contributed by atoms with E-state index in [-0.39, 0.29) is 60.7 Å². The highest BCUT2D eigenvalue weighted by molar-refractivity contribution is 8.45. The molecule has 0 spiro atoms. The van der Waals surface area contributed by atoms with Gasteiger partial charge in [-0.3, -0.25) is 70.2 Å². The Balaban J connectivity index is 1.11. The Kier molecular flexibility index (Phi) is 19.2. The van der Waals surface area contributed by atoms with Crippen LogP contribution in [-0.4, -0.2) is 134 Å². The van der Waals surface area contributed by atoms with Crippen molar-refractivity contribution in [2.45, 2.75) is 94.5 Å². The third-order valence-electron chi connectivity index (χ3n) is 11.3. The zero-order valence-electron chi connectivity index (χ0n) is 39.1. The molecule has 412 valence electrons. The smallest absolute Gasteiger partial charge is 0.386 e. The van der Waals surface area contributed by atoms with Crippen LogP contribution in [0.1, 0.15) is 49.1 Å². The number of ether oxygens (including phenoxy) is 4. The number of nitrogens with two attached hydrogens (primary N) is 1. The van der Waals surface area contributed by atoms with E-state index in [2.05, 4.69) is 73.9 Å². The van der Waals surface area contributed by atoms with Crippen LogP contribution in [0.15, 0.2) is 42.7 Å². The molecule has 3 fully saturated rings. The van der Waals surface area contributed by atoms with Crippen molar-refractivity contribution in [2.24, 2.45) is 0 Å². The van der Waals surface area contributed by atoms with E-state index in [9.17, 15) is 47.3 Å². The number of nitrogen functional groups attached to an aromatic ring is 1. The summed E-state index contributed by atoms with van der Waals surface area (Å²) in [6.45, 7) is -17.1. The third-order valence-corrected chi connectivity index (χ3v) is 18.0. The molecule has 0 aliphatic carbocycles. The lowest BCUT2D eigenvalue weighted by Gasteiger charge is -2.27. The molecule has 0 amide bonds. The normalized spacial score (nSPS) is 28.5. The molecule has 4 aromatic heterocycles. The third kappa shape index (κ3) is 14.3. The number of aromatic nitrogens is 8. The van der Waals surface area contributed by atoms with Crippen molar-refractivity contribution in [2.75, 3.05) is 53.0 Å². The average Bonchev–Trinajstić information content (AvgIpc) is 4.10. The van der Waals surface area contributed by atoms with Crippen molar-refractivity contribution < 1.29 is 78.5 Å². The maximum Gasteiger partial charge on any atom is 0.386 e. The first-order valence-corrected chi connectivity index (χ1v) is 32.5. The maximum absolute atomic E-state index is 14.2. The molecule has 0 radical (unpaired) electrons. The zero-order valence-corrected chi connectivity index (χ0v) is 46.2. The minimum absolute atomic E-state index is 0.0215. The summed E-state index contributed by atoms with van der Waals surface area (Å²) in [6, 6.07) is 0. The van der Waals surface area contributed by atoms with E-state index >= 15 is 0 Å². The molecule has 3 aliphatic heterocycles. The molecule has 4 aromatic rings. The highest BCUT2D eigenvalue weighted by Crippen LogP contribution is 2.61. The molecule has 39 heteroatoms. The van der Waals surface area contributed by atoms with Crippen molar-refractivity contribution >= 4 is 93.3 Å². The van der Waals surface area contributed by atoms with Crippen LogP contribution in [0.4, 0.5) is 5.95 Å². The van der Waals surface area contributed by atoms with Crippen molar-refractivity contribution in [3.63, 3.8) is 0 Å². The first-order valence-electron chi connectivity index (χ1n) is 21.7. The number of imidazole rings is 1. The van der Waals surface area contributed by atoms with Gasteiger partial charge in [0.15, 0.2) is 17.4 Å². The number of aryl methyl sites for hydroxylation is 2. The van der Waals surface area contributed by atoms with Crippen LogP contribution in [0.5, 0.6) is 0 Å². The van der Waals surface area contributed by atoms with Gasteiger partial charge in [0.1, 0.15) is 55.2 Å². The quantitative estimate of drug-likeness (QED) is 0.0276. The number of aliphatic hydroxyl groups excluding tert-OH is 1. The number of anilines is 1. The molecule has 0 saturated carbocycles. The van der Waals surface area contributed by atoms with E-state index in [4.69, 9.17) is 60.9 Å². The first kappa shape index (κ1) is 59.0. The minimum atomic E-state index is -4.65. The van der Waals surface area contributed by atoms with Crippen LogP contribution in [0.2, 0.25) is 0 Å². The topological polar surface area (TPSA) is 399 Å². The van der Waals surface area contributed by atoms with Gasteiger partial charge in [0.2, 0.25) is 5.95 Å². The van der Waals surface area contributed by atoms with Gasteiger partial charge in [-0.15, -0.1) is 0 Å². The van der Waals surface area contributed by atoms with Crippen LogP contribution < -0.4 is 33.8 Å². The van der Waals surface area contributed by atoms with Crippen LogP contribution in [0, 0.1) is 13.8 Å². The lowest BCUT2D eigenvalue weighted by Crippen LogP contribution is -2.40. The first-order chi connectivity index (χ1) is 34.7. The number of nitrogens with one attached hydrogen (secondary N) is 3. The molecule has 7 heterocycles. The van der Waals surface area contributed by atoms with Crippen molar-refractivity contribution in [1.29, 1.82) is 0 Å². The molecule has 10 unspecified atom stereocenters. The predicted octanol–water partition coefficient (Wildman–Crippen LogP) is 2.31. The van der Waals surface area contributed by atoms with E-state index in [1.54, 1.807) is 0 Å². The van der Waals surface area contributed by atoms with Gasteiger partial charge in [-0.1, -0.05) is 49.0 Å². The van der Waals surface area contributed by atoms with Gasteiger partial charge in [-0.2, -0.15) is 4.98 Å². The standard InChI is InChI=1S/C35H51N9O22P4S4/c1-16-10-42(34(49)40-29(16)46)23-8-18(64-70(54,74)60-14-22-26(66-68(52,72)57-7-5-6-45)27(55-3)32(63-22)43-11-17(2)30(47)41-35(43)50)21(61-23)13-59-69(53,73)65-19-9-24(62-20(19)12-58-67(51,71)56-4)44-15-37-25-28(44)38-33(36)39-31(25)48/h10-11,15,18-24,26-27,32,45H,5-9,12-14H2,1-4H3,(H,51,71)(H,52,72)(H,53,73)(H,54,74)(H,40,46,49)(H,41,47,50)(H3,36,38,39,48)/t18-,19-,20?,21?,22?,23-,24-,26?,27?,32?,67?,68?,69?,70?/m1/s1. The number of H-pyrrole nitrogens is 3. The summed E-state index contributed by atoms with van der Waals surface area (Å²) in [5, 5.41) is 9.22. The lowest BCUT2D eigenvalue weighted by molar-refractivity contribution is -0.0625. The minimum Gasteiger partial charge on any atom is -0.396 e. The van der Waals surface area contributed by atoms with Gasteiger partial charge >= 0.3 is 38.6 Å². The molecule has 0 aromatic carbocycles. The Morgan fingerprint density at radius 3 is 1.76 bits per heavy atom. The number of thiol groups is 4. The monoisotopic (exact) mass is 1200 g/mol. The second-order valence-electron chi connectivity index (χ2n) is 16.4. The number of hydrogen-bond acceptors (Lipinski definition) is 25. The maximum atomic E-state index is 14.2. The van der Waals surface area contributed by atoms with Crippen molar-refractivity contribution in [1.82, 2.24) is 38.6 Å². The fourth-order valence-electron chi connectivity index (χ4n) is 7.82. The largest absolute Gasteiger partial charge is 0.396 e. The molecule has 31 nitrogen and oxygen atoms in total. The SMILES string of the molecule is COC1C(OP(=O)(S)OCCCO)C(COP(=O)(S)O[C@@H]2C[C@H](n3cc(C)c(=O)[nH]c3=O)OC2COP(=O)(S)O[C@@H]2C[C@H](n3cnc4c(=O)[nH]c(N)nc43)OC2COP(=O)(S)OC)OC1n1cc(C)c(=O)[nH]c1=O. The zero-order chi connectivity index (χ0) is 54.1. The number of rotatable bonds is 24. The Morgan fingerprint density at radius 1 is 0.689 bits per heavy atom. The highest BCUT2D eigenvalue weighted by Gasteiger charge is 2.52. The summed E-state index contributed by atoms with van der Waals surface area (Å²) in [7, 11) is 2.31. The molecular formula is C35H51N9O22P4S4. The second-order valence-corrected chi connectivity index (χ2v) is 28.1. The van der Waals surface area contributed by atoms with Crippen LogP contribution in [0.25, 0.3) is 11.2 Å². The number of aromatic amines is 3. The fourth-order valence-corrected chi connectivity index (χ4v) is 13.1. The van der Waals surface area contributed by atoms with Gasteiger partial charge in [0, 0.05) is 57.2 Å². The molecule has 7 rings (SSSR count). The van der Waals surface area contributed by atoms with Gasteiger partial charge in [-0.25, -0.2) is 32.8 Å². The van der Waals surface area contributed by atoms with Gasteiger partial charge in [-0.05, 0) is 20.3 Å². The van der Waals surface area contributed by atoms with E-state index in [0.29, 0.717) is 0 Å². The molecule has 6 N–H and O–H groups in total. The van der Waals surface area contributed by atoms with Gasteiger partial charge < -0.3 is 38.8 Å². The molecule has 3 saturated heterocycles. The fraction of sp³-hybridized carbons (Fsp3) is 0.629. The Hall–Kier alpha value is -2.69. The van der Waals surface area contributed by atoms with Gasteiger partial charge in [0.25, 0.3) is 16.7 Å². The summed E-state index contributed by atoms with van der Waals surface area (Å²) in [4.78, 5) is 77.9. The average molecular weight is 1200 g/mol. The Bertz CT molecular complexity index is 3200. The van der Waals surface area contributed by atoms with Crippen LogP contribution >= 0.6 is 76.2 Å². The highest BCUT2D eigenvalue weighted by atomic mass is 32.7. The van der Waals surface area contributed by atoms with Crippen LogP contribution in [0.3, 0.4) is 0 Å². The summed E-state index contributed by atoms with van der Waals surface area (Å²) >= 11 is 16.3. The van der Waals surface area contributed by atoms with Crippen molar-refractivity contribution in [3.05, 3.63) is 81.9 Å². The van der Waals surface area contributed by atoms with Crippen LogP contribution in [-0.2, 0) is 73.4 Å². The molecule has 74 heavy (non-hydrogen) atoms. The lowest BCUT2D eigenvalue weighted by atomic mass is 10.1. The Morgan fingerprint density at radius 2 is 1.20 bits per heavy atom. The molecular weight excluding hydrogens is 1150 g/mol. The molecule has 3 aliphatic rings. The van der Waals surface area contributed by atoms with E-state index in [1.807, 2.05) is 0 Å². The Labute approximate surface area is 437 Å². The van der Waals surface area contributed by atoms with Crippen molar-refractivity contribution in [3.8, 4) is 0 Å². The van der Waals surface area contributed by atoms with E-state index < -0.39 is 136 Å². The van der Waals surface area contributed by atoms with E-state index in [0.717, 1.165) is 16.2 Å². The second kappa shape index (κ2) is 24.1. The number of methoxy groups -OCH3 is 1. The summed E-state index contributed by atoms with van der Waals surface area (Å²) in [5.41, 5.74) is 2.09.